The molecule has 0 spiro atoms. The number of hydrogen-bond donors (Lipinski definition) is 4. The third kappa shape index (κ3) is 8.07. The number of allylic oxidation sites excluding steroid dienone is 2. The Morgan fingerprint density at radius 3 is 1.70 bits per heavy atom. The molecule has 0 radical (unpaired) electrons. The molecule has 44 heavy (non-hydrogen) atoms. The van der Waals surface area contributed by atoms with Crippen LogP contribution in [0.4, 0.5) is 0 Å². The molecule has 6 heterocycles. The maximum absolute atomic E-state index is 3.73. The zero-order valence-electron chi connectivity index (χ0n) is 26.4. The summed E-state index contributed by atoms with van der Waals surface area (Å²) in [6.07, 6.45) is 34.2. The molecule has 1 atom stereocenters. The SMILES string of the molecule is CCCCCCCCCCCCCCN1C=CC=CC1c1cc2[nH]c1=Cc1ccc([nH]1)C=c1ccc([nH]1)=Cc1ccc([nH]1)C=2. The fraction of sp³-hybridized carbons (Fsp3) is 0.385. The minimum Gasteiger partial charge on any atom is -0.367 e. The minimum absolute atomic E-state index is 0.199. The highest BCUT2D eigenvalue weighted by Gasteiger charge is 2.19. The van der Waals surface area contributed by atoms with Gasteiger partial charge in [0.2, 0.25) is 0 Å². The zero-order chi connectivity index (χ0) is 30.0. The van der Waals surface area contributed by atoms with E-state index in [0.29, 0.717) is 0 Å². The Balaban J connectivity index is 1.15. The van der Waals surface area contributed by atoms with Crippen molar-refractivity contribution in [1.29, 1.82) is 0 Å². The van der Waals surface area contributed by atoms with Gasteiger partial charge in [-0.15, -0.1) is 0 Å². The average molecular weight is 588 g/mol. The van der Waals surface area contributed by atoms with Crippen molar-refractivity contribution >= 4 is 24.3 Å². The van der Waals surface area contributed by atoms with Crippen LogP contribution in [0.5, 0.6) is 0 Å². The first-order valence-electron chi connectivity index (χ1n) is 17.0. The molecule has 0 saturated carbocycles. The van der Waals surface area contributed by atoms with Crippen molar-refractivity contribution in [3.05, 3.63) is 117 Å². The number of fused-ring (bicyclic) bond motifs is 8. The van der Waals surface area contributed by atoms with Crippen molar-refractivity contribution in [1.82, 2.24) is 24.8 Å². The van der Waals surface area contributed by atoms with Gasteiger partial charge in [-0.25, -0.2) is 0 Å². The average Bonchev–Trinajstić information content (AvgIpc) is 3.84. The first-order valence-corrected chi connectivity index (χ1v) is 17.0. The summed E-state index contributed by atoms with van der Waals surface area (Å²) in [7, 11) is 0. The van der Waals surface area contributed by atoms with E-state index in [9.17, 15) is 0 Å². The van der Waals surface area contributed by atoms with E-state index in [4.69, 9.17) is 0 Å². The summed E-state index contributed by atoms with van der Waals surface area (Å²) in [5.74, 6) is 0. The molecule has 0 aliphatic carbocycles. The van der Waals surface area contributed by atoms with E-state index in [1.165, 1.54) is 82.6 Å². The van der Waals surface area contributed by atoms with Crippen LogP contribution in [0.3, 0.4) is 0 Å². The fourth-order valence-electron chi connectivity index (χ4n) is 6.57. The Kier molecular flexibility index (Phi) is 10.2. The van der Waals surface area contributed by atoms with Crippen molar-refractivity contribution in [2.24, 2.45) is 0 Å². The van der Waals surface area contributed by atoms with Gasteiger partial charge in [0.25, 0.3) is 0 Å². The van der Waals surface area contributed by atoms with Crippen molar-refractivity contribution in [3.8, 4) is 0 Å². The first-order chi connectivity index (χ1) is 21.7. The molecule has 4 N–H and O–H groups in total. The molecule has 5 heteroatoms. The van der Waals surface area contributed by atoms with E-state index in [1.807, 2.05) is 0 Å². The van der Waals surface area contributed by atoms with Crippen LogP contribution >= 0.6 is 0 Å². The topological polar surface area (TPSA) is 66.4 Å². The van der Waals surface area contributed by atoms with Crippen LogP contribution in [-0.4, -0.2) is 31.4 Å². The smallest absolute Gasteiger partial charge is 0.0745 e. The molecule has 0 aromatic carbocycles. The van der Waals surface area contributed by atoms with Crippen LogP contribution in [0, 0.1) is 0 Å². The van der Waals surface area contributed by atoms with E-state index in [1.54, 1.807) is 0 Å². The minimum atomic E-state index is 0.199. The summed E-state index contributed by atoms with van der Waals surface area (Å²) in [5, 5.41) is 4.39. The predicted molar refractivity (Wildman–Crippen MR) is 185 cm³/mol. The Bertz CT molecular complexity index is 1790. The standard InChI is InChI=1S/C39H49N5/c1-2-3-4-5-6-7-8-9-10-11-12-14-23-44-24-15-13-16-39(44)37-28-36-27-34-20-19-32(41-34)25-30-17-18-31(40-30)26-33-21-22-35(42-33)29-38(37)43-36/h13,15-22,24-29,39-43H,2-12,14,23H2,1H3. The van der Waals surface area contributed by atoms with Gasteiger partial charge in [-0.05, 0) is 85.5 Å². The van der Waals surface area contributed by atoms with Gasteiger partial charge in [0.05, 0.1) is 6.04 Å². The fourth-order valence-corrected chi connectivity index (χ4v) is 6.57. The number of aromatic nitrogens is 4. The van der Waals surface area contributed by atoms with Gasteiger partial charge in [0.1, 0.15) is 0 Å². The molecular weight excluding hydrogens is 538 g/mol. The Hall–Kier alpha value is -4.12. The lowest BCUT2D eigenvalue weighted by atomic mass is 10.0. The Morgan fingerprint density at radius 2 is 1.09 bits per heavy atom. The largest absolute Gasteiger partial charge is 0.367 e. The Labute approximate surface area is 261 Å². The van der Waals surface area contributed by atoms with Crippen LogP contribution < -0.4 is 21.4 Å². The lowest BCUT2D eigenvalue weighted by Gasteiger charge is -2.30. The summed E-state index contributed by atoms with van der Waals surface area (Å²) < 4.78 is 0. The molecule has 0 amide bonds. The maximum atomic E-state index is 3.73. The monoisotopic (exact) mass is 587 g/mol. The molecule has 230 valence electrons. The summed E-state index contributed by atoms with van der Waals surface area (Å²) in [6.45, 7) is 3.36. The van der Waals surface area contributed by atoms with E-state index >= 15 is 0 Å². The molecule has 0 saturated heterocycles. The molecule has 4 aromatic heterocycles. The molecule has 8 bridgehead atoms. The lowest BCUT2D eigenvalue weighted by Crippen LogP contribution is -2.28. The first kappa shape index (κ1) is 29.9. The molecular formula is C39H49N5. The van der Waals surface area contributed by atoms with E-state index in [0.717, 1.165) is 50.7 Å². The number of rotatable bonds is 14. The number of unbranched alkanes of at least 4 members (excludes halogenated alkanes) is 11. The van der Waals surface area contributed by atoms with Gasteiger partial charge in [-0.3, -0.25) is 0 Å². The second kappa shape index (κ2) is 15.1. The van der Waals surface area contributed by atoms with Crippen LogP contribution in [-0.2, 0) is 0 Å². The van der Waals surface area contributed by atoms with Crippen LogP contribution in [0.1, 0.15) is 118 Å². The van der Waals surface area contributed by atoms with Gasteiger partial charge in [0.15, 0.2) is 0 Å². The second-order valence-corrected chi connectivity index (χ2v) is 12.6. The van der Waals surface area contributed by atoms with Crippen LogP contribution in [0.25, 0.3) is 24.3 Å². The van der Waals surface area contributed by atoms with E-state index in [2.05, 4.69) is 123 Å². The van der Waals surface area contributed by atoms with Gasteiger partial charge in [-0.1, -0.05) is 89.7 Å². The Morgan fingerprint density at radius 1 is 0.545 bits per heavy atom. The number of nitrogens with one attached hydrogen (secondary N) is 4. The second-order valence-electron chi connectivity index (χ2n) is 12.6. The predicted octanol–water partition coefficient (Wildman–Crippen LogP) is 6.76. The molecule has 4 aromatic rings. The number of aromatic amines is 4. The van der Waals surface area contributed by atoms with Gasteiger partial charge in [0, 0.05) is 56.3 Å². The zero-order valence-corrected chi connectivity index (χ0v) is 26.4. The van der Waals surface area contributed by atoms with Crippen molar-refractivity contribution in [2.75, 3.05) is 6.54 Å². The molecule has 2 aliphatic rings. The third-order valence-corrected chi connectivity index (χ3v) is 8.96. The number of hydrogen-bond acceptors (Lipinski definition) is 1. The van der Waals surface area contributed by atoms with E-state index in [-0.39, 0.29) is 6.04 Å². The summed E-state index contributed by atoms with van der Waals surface area (Å²) >= 11 is 0. The third-order valence-electron chi connectivity index (χ3n) is 8.96. The molecule has 5 nitrogen and oxygen atoms in total. The quantitative estimate of drug-likeness (QED) is 0.107. The summed E-state index contributed by atoms with van der Waals surface area (Å²) in [5.41, 5.74) is 5.61. The molecule has 1 unspecified atom stereocenters. The van der Waals surface area contributed by atoms with E-state index < -0.39 is 0 Å². The molecule has 2 aliphatic heterocycles. The van der Waals surface area contributed by atoms with Gasteiger partial charge in [-0.2, -0.15) is 0 Å². The van der Waals surface area contributed by atoms with Gasteiger partial charge < -0.3 is 24.8 Å². The van der Waals surface area contributed by atoms with Crippen molar-refractivity contribution < 1.29 is 0 Å². The van der Waals surface area contributed by atoms with Crippen molar-refractivity contribution in [3.63, 3.8) is 0 Å². The highest BCUT2D eigenvalue weighted by Crippen LogP contribution is 2.24. The lowest BCUT2D eigenvalue weighted by molar-refractivity contribution is 0.310. The van der Waals surface area contributed by atoms with Crippen LogP contribution in [0.15, 0.2) is 66.9 Å². The summed E-state index contributed by atoms with van der Waals surface area (Å²) in [6, 6.07) is 15.3. The normalized spacial score (nSPS) is 15.5. The highest BCUT2D eigenvalue weighted by atomic mass is 15.1. The molecule has 6 rings (SSSR count). The highest BCUT2D eigenvalue weighted by molar-refractivity contribution is 5.56. The number of H-pyrrole nitrogens is 4. The maximum Gasteiger partial charge on any atom is 0.0745 e. The van der Waals surface area contributed by atoms with Gasteiger partial charge >= 0.3 is 0 Å². The van der Waals surface area contributed by atoms with Crippen LogP contribution in [0.2, 0.25) is 0 Å². The van der Waals surface area contributed by atoms with Crippen molar-refractivity contribution in [2.45, 2.75) is 90.0 Å². The number of nitrogens with zero attached hydrogens (tertiary/aromatic N) is 1. The molecule has 0 fully saturated rings. The summed E-state index contributed by atoms with van der Waals surface area (Å²) in [4.78, 5) is 16.9.